The van der Waals surface area contributed by atoms with Crippen molar-refractivity contribution in [2.75, 3.05) is 43.1 Å². The number of hydrogen-bond acceptors (Lipinski definition) is 6. The van der Waals surface area contributed by atoms with Gasteiger partial charge in [0.1, 0.15) is 0 Å². The van der Waals surface area contributed by atoms with E-state index in [-0.39, 0.29) is 30.7 Å². The lowest BCUT2D eigenvalue weighted by molar-refractivity contribution is -0.116. The molecule has 1 saturated heterocycles. The van der Waals surface area contributed by atoms with E-state index in [2.05, 4.69) is 15.2 Å². The van der Waals surface area contributed by atoms with Gasteiger partial charge >= 0.3 is 0 Å². The highest BCUT2D eigenvalue weighted by Gasteiger charge is 2.15. The van der Waals surface area contributed by atoms with Crippen molar-refractivity contribution in [1.82, 2.24) is 4.98 Å². The molecule has 3 N–H and O–H groups in total. The van der Waals surface area contributed by atoms with Crippen LogP contribution in [0.25, 0.3) is 10.2 Å². The second-order valence-electron chi connectivity index (χ2n) is 5.22. The number of amides is 1. The Balaban J connectivity index is 0.00000144. The number of nitrogens with zero attached hydrogens (tertiary/aromatic N) is 2. The van der Waals surface area contributed by atoms with Crippen LogP contribution in [0.15, 0.2) is 18.2 Å². The molecule has 0 radical (unpaired) electrons. The van der Waals surface area contributed by atoms with E-state index in [0.29, 0.717) is 19.4 Å². The Morgan fingerprint density at radius 2 is 2.08 bits per heavy atom. The van der Waals surface area contributed by atoms with Gasteiger partial charge in [0, 0.05) is 25.2 Å². The summed E-state index contributed by atoms with van der Waals surface area (Å²) in [4.78, 5) is 18.7. The first-order valence-corrected chi connectivity index (χ1v) is 8.31. The highest BCUT2D eigenvalue weighted by atomic mass is 35.5. The fourth-order valence-electron chi connectivity index (χ4n) is 2.37. The number of ether oxygens (including phenoxy) is 1. The van der Waals surface area contributed by atoms with Crippen LogP contribution < -0.4 is 16.0 Å². The average molecular weight is 393 g/mol. The van der Waals surface area contributed by atoms with Gasteiger partial charge in [0.05, 0.1) is 23.4 Å². The van der Waals surface area contributed by atoms with Crippen LogP contribution in [-0.2, 0) is 9.53 Å². The molecule has 2 aromatic rings. The summed E-state index contributed by atoms with van der Waals surface area (Å²) in [6.45, 7) is 3.78. The zero-order valence-corrected chi connectivity index (χ0v) is 15.6. The van der Waals surface area contributed by atoms with Crippen molar-refractivity contribution in [2.45, 2.75) is 12.8 Å². The van der Waals surface area contributed by atoms with Gasteiger partial charge in [0.15, 0.2) is 5.13 Å². The zero-order valence-electron chi connectivity index (χ0n) is 13.2. The monoisotopic (exact) mass is 392 g/mol. The van der Waals surface area contributed by atoms with E-state index < -0.39 is 0 Å². The van der Waals surface area contributed by atoms with Gasteiger partial charge in [-0.1, -0.05) is 11.3 Å². The van der Waals surface area contributed by atoms with Gasteiger partial charge in [-0.15, -0.1) is 24.8 Å². The van der Waals surface area contributed by atoms with Crippen molar-refractivity contribution in [1.29, 1.82) is 0 Å². The maximum Gasteiger partial charge on any atom is 0.224 e. The fraction of sp³-hybridized carbons (Fsp3) is 0.467. The number of benzene rings is 1. The summed E-state index contributed by atoms with van der Waals surface area (Å²) < 4.78 is 6.45. The van der Waals surface area contributed by atoms with Crippen LogP contribution in [0.1, 0.15) is 12.8 Å². The Morgan fingerprint density at radius 3 is 2.79 bits per heavy atom. The van der Waals surface area contributed by atoms with Crippen molar-refractivity contribution >= 4 is 63.1 Å². The molecule has 1 aliphatic rings. The van der Waals surface area contributed by atoms with Crippen LogP contribution in [0.3, 0.4) is 0 Å². The normalized spacial score (nSPS) is 14.0. The quantitative estimate of drug-likeness (QED) is 0.817. The molecule has 24 heavy (non-hydrogen) atoms. The molecule has 9 heteroatoms. The van der Waals surface area contributed by atoms with E-state index in [4.69, 9.17) is 10.5 Å². The lowest BCUT2D eigenvalue weighted by atomic mass is 10.2. The highest BCUT2D eigenvalue weighted by molar-refractivity contribution is 7.22. The molecule has 0 saturated carbocycles. The van der Waals surface area contributed by atoms with Crippen molar-refractivity contribution < 1.29 is 9.53 Å². The number of carbonyl (C=O) groups is 1. The molecule has 1 amide bonds. The Kier molecular flexibility index (Phi) is 8.72. The Labute approximate surface area is 157 Å². The molecule has 0 aliphatic carbocycles. The highest BCUT2D eigenvalue weighted by Crippen LogP contribution is 2.31. The van der Waals surface area contributed by atoms with E-state index in [1.807, 2.05) is 18.2 Å². The number of anilines is 2. The maximum atomic E-state index is 11.8. The first-order valence-electron chi connectivity index (χ1n) is 7.49. The summed E-state index contributed by atoms with van der Waals surface area (Å²) in [7, 11) is 0. The third-order valence-corrected chi connectivity index (χ3v) is 4.63. The van der Waals surface area contributed by atoms with Crippen LogP contribution >= 0.6 is 36.2 Å². The van der Waals surface area contributed by atoms with Gasteiger partial charge < -0.3 is 20.7 Å². The summed E-state index contributed by atoms with van der Waals surface area (Å²) in [5, 5.41) is 3.93. The molecule has 0 spiro atoms. The average Bonchev–Trinajstić information content (AvgIpc) is 2.97. The predicted octanol–water partition coefficient (Wildman–Crippen LogP) is 2.65. The number of aromatic nitrogens is 1. The van der Waals surface area contributed by atoms with E-state index in [1.165, 1.54) is 0 Å². The minimum absolute atomic E-state index is 0. The van der Waals surface area contributed by atoms with Gasteiger partial charge in [-0.2, -0.15) is 0 Å². The Morgan fingerprint density at radius 1 is 1.33 bits per heavy atom. The number of thiazole rings is 1. The number of rotatable bonds is 5. The molecule has 0 bridgehead atoms. The number of carbonyl (C=O) groups excluding carboxylic acids is 1. The molecule has 1 aromatic heterocycles. The molecule has 3 rings (SSSR count). The molecular weight excluding hydrogens is 371 g/mol. The standard InChI is InChI=1S/C15H20N4O2S.2ClH/c16-5-1-2-14(20)17-11-3-4-12-13(10-11)22-15(18-12)19-6-8-21-9-7-19;;/h3-4,10H,1-2,5-9,16H2,(H,17,20);2*1H. The lowest BCUT2D eigenvalue weighted by Gasteiger charge is -2.25. The van der Waals surface area contributed by atoms with Crippen LogP contribution in [-0.4, -0.2) is 43.7 Å². The van der Waals surface area contributed by atoms with Crippen LogP contribution in [0.5, 0.6) is 0 Å². The number of nitrogens with two attached hydrogens (primary N) is 1. The maximum absolute atomic E-state index is 11.8. The number of halogens is 2. The number of hydrogen-bond donors (Lipinski definition) is 2. The molecule has 134 valence electrons. The Hall–Kier alpha value is -1.12. The molecule has 1 fully saturated rings. The number of nitrogens with one attached hydrogen (secondary N) is 1. The largest absolute Gasteiger partial charge is 0.378 e. The van der Waals surface area contributed by atoms with Gasteiger partial charge in [-0.3, -0.25) is 4.79 Å². The van der Waals surface area contributed by atoms with Gasteiger partial charge in [0.25, 0.3) is 0 Å². The lowest BCUT2D eigenvalue weighted by Crippen LogP contribution is -2.36. The topological polar surface area (TPSA) is 80.5 Å². The van der Waals surface area contributed by atoms with E-state index >= 15 is 0 Å². The van der Waals surface area contributed by atoms with Crippen molar-refractivity contribution in [3.63, 3.8) is 0 Å². The van der Waals surface area contributed by atoms with Crippen LogP contribution in [0.2, 0.25) is 0 Å². The Bertz CT molecular complexity index is 662. The third kappa shape index (κ3) is 5.19. The molecule has 0 unspecified atom stereocenters. The van der Waals surface area contributed by atoms with Crippen molar-refractivity contribution in [3.8, 4) is 0 Å². The number of fused-ring (bicyclic) bond motifs is 1. The molecule has 2 heterocycles. The smallest absolute Gasteiger partial charge is 0.224 e. The molecule has 6 nitrogen and oxygen atoms in total. The first-order chi connectivity index (χ1) is 10.8. The minimum atomic E-state index is 0. The second kappa shape index (κ2) is 10.0. The summed E-state index contributed by atoms with van der Waals surface area (Å²) in [5.41, 5.74) is 7.19. The zero-order chi connectivity index (χ0) is 15.4. The molecule has 1 aliphatic heterocycles. The first kappa shape index (κ1) is 20.9. The van der Waals surface area contributed by atoms with Crippen LogP contribution in [0.4, 0.5) is 10.8 Å². The second-order valence-corrected chi connectivity index (χ2v) is 6.23. The van der Waals surface area contributed by atoms with Gasteiger partial charge in [-0.25, -0.2) is 4.98 Å². The SMILES string of the molecule is Cl.Cl.NCCCC(=O)Nc1ccc2nc(N3CCOCC3)sc2c1. The van der Waals surface area contributed by atoms with Gasteiger partial charge in [0.2, 0.25) is 5.91 Å². The van der Waals surface area contributed by atoms with Crippen LogP contribution in [0, 0.1) is 0 Å². The fourth-order valence-corrected chi connectivity index (χ4v) is 3.42. The van der Waals surface area contributed by atoms with E-state index in [0.717, 1.165) is 47.3 Å². The van der Waals surface area contributed by atoms with Crippen molar-refractivity contribution in [2.24, 2.45) is 5.73 Å². The van der Waals surface area contributed by atoms with E-state index in [1.54, 1.807) is 11.3 Å². The number of morpholine rings is 1. The molecule has 0 atom stereocenters. The summed E-state index contributed by atoms with van der Waals surface area (Å²) in [6, 6.07) is 5.83. The van der Waals surface area contributed by atoms with E-state index in [9.17, 15) is 4.79 Å². The molecular formula is C15H22Cl2N4O2S. The predicted molar refractivity (Wildman–Crippen MR) is 104 cm³/mol. The third-order valence-electron chi connectivity index (χ3n) is 3.55. The summed E-state index contributed by atoms with van der Waals surface area (Å²) in [5.74, 6) is 0.00252. The minimum Gasteiger partial charge on any atom is -0.378 e. The van der Waals surface area contributed by atoms with Gasteiger partial charge in [-0.05, 0) is 31.2 Å². The molecule has 1 aromatic carbocycles. The summed E-state index contributed by atoms with van der Waals surface area (Å²) in [6.07, 6.45) is 1.16. The summed E-state index contributed by atoms with van der Waals surface area (Å²) >= 11 is 1.65. The van der Waals surface area contributed by atoms with Crippen molar-refractivity contribution in [3.05, 3.63) is 18.2 Å².